The zero-order valence-corrected chi connectivity index (χ0v) is 12.8. The quantitative estimate of drug-likeness (QED) is 0.723. The Bertz CT molecular complexity index is 362. The Balaban J connectivity index is 2.89. The summed E-state index contributed by atoms with van der Waals surface area (Å²) < 4.78 is 0. The molecule has 0 saturated heterocycles. The van der Waals surface area contributed by atoms with Crippen molar-refractivity contribution in [2.24, 2.45) is 5.92 Å². The normalized spacial score (nSPS) is 14.5. The number of aryl methyl sites for hydroxylation is 1. The van der Waals surface area contributed by atoms with Crippen LogP contribution < -0.4 is 5.32 Å². The van der Waals surface area contributed by atoms with E-state index in [0.717, 1.165) is 23.9 Å². The van der Waals surface area contributed by atoms with Gasteiger partial charge in [-0.1, -0.05) is 44.9 Å². The van der Waals surface area contributed by atoms with E-state index in [1.54, 1.807) is 0 Å². The van der Waals surface area contributed by atoms with Gasteiger partial charge in [0.15, 0.2) is 0 Å². The summed E-state index contributed by atoms with van der Waals surface area (Å²) in [6, 6.07) is 6.64. The fourth-order valence-corrected chi connectivity index (χ4v) is 2.38. The highest BCUT2D eigenvalue weighted by atomic mass is 35.5. The predicted octanol–water partition coefficient (Wildman–Crippen LogP) is 5.13. The first kappa shape index (κ1) is 15.5. The lowest BCUT2D eigenvalue weighted by atomic mass is 9.92. The summed E-state index contributed by atoms with van der Waals surface area (Å²) in [7, 11) is 0. The minimum Gasteiger partial charge on any atom is -0.310 e. The van der Waals surface area contributed by atoms with Crippen molar-refractivity contribution in [3.05, 3.63) is 34.3 Å². The monoisotopic (exact) mass is 267 g/mol. The lowest BCUT2D eigenvalue weighted by Crippen LogP contribution is -2.24. The predicted molar refractivity (Wildman–Crippen MR) is 81.3 cm³/mol. The van der Waals surface area contributed by atoms with E-state index in [1.807, 2.05) is 6.07 Å². The van der Waals surface area contributed by atoms with Gasteiger partial charge in [-0.05, 0) is 55.5 Å². The third-order valence-electron chi connectivity index (χ3n) is 3.59. The van der Waals surface area contributed by atoms with E-state index in [1.165, 1.54) is 24.0 Å². The number of nitrogens with one attached hydrogen (secondary N) is 1. The van der Waals surface area contributed by atoms with E-state index in [4.69, 9.17) is 11.6 Å². The number of rotatable bonds is 7. The van der Waals surface area contributed by atoms with Crippen LogP contribution in [-0.2, 0) is 0 Å². The maximum atomic E-state index is 6.14. The Kier molecular flexibility index (Phi) is 6.73. The average molecular weight is 268 g/mol. The molecule has 0 amide bonds. The van der Waals surface area contributed by atoms with Crippen molar-refractivity contribution < 1.29 is 0 Å². The summed E-state index contributed by atoms with van der Waals surface area (Å²) in [5, 5.41) is 4.50. The van der Waals surface area contributed by atoms with Crippen LogP contribution in [0.1, 0.15) is 57.2 Å². The molecule has 2 atom stereocenters. The molecule has 0 saturated carbocycles. The van der Waals surface area contributed by atoms with Crippen LogP contribution in [0.25, 0.3) is 0 Å². The molecule has 102 valence electrons. The smallest absolute Gasteiger partial charge is 0.0409 e. The SMILES string of the molecule is CCCNC(CC(C)CC)c1cc(Cl)ccc1C. The van der Waals surface area contributed by atoms with E-state index in [2.05, 4.69) is 45.1 Å². The highest BCUT2D eigenvalue weighted by Crippen LogP contribution is 2.27. The van der Waals surface area contributed by atoms with Crippen molar-refractivity contribution in [1.82, 2.24) is 5.32 Å². The van der Waals surface area contributed by atoms with Gasteiger partial charge in [-0.25, -0.2) is 0 Å². The first-order chi connectivity index (χ1) is 8.58. The Morgan fingerprint density at radius 3 is 2.61 bits per heavy atom. The summed E-state index contributed by atoms with van der Waals surface area (Å²) >= 11 is 6.14. The summed E-state index contributed by atoms with van der Waals surface area (Å²) in [6.07, 6.45) is 3.57. The van der Waals surface area contributed by atoms with Crippen molar-refractivity contribution in [2.45, 2.75) is 53.0 Å². The fourth-order valence-electron chi connectivity index (χ4n) is 2.19. The van der Waals surface area contributed by atoms with Crippen molar-refractivity contribution >= 4 is 11.6 Å². The Morgan fingerprint density at radius 2 is 2.00 bits per heavy atom. The second kappa shape index (κ2) is 7.81. The average Bonchev–Trinajstić information content (AvgIpc) is 2.37. The topological polar surface area (TPSA) is 12.0 Å². The minimum atomic E-state index is 0.429. The van der Waals surface area contributed by atoms with Gasteiger partial charge in [0.1, 0.15) is 0 Å². The summed E-state index contributed by atoms with van der Waals surface area (Å²) in [5.41, 5.74) is 2.69. The molecule has 0 fully saturated rings. The van der Waals surface area contributed by atoms with Crippen LogP contribution in [0.4, 0.5) is 0 Å². The largest absolute Gasteiger partial charge is 0.310 e. The van der Waals surface area contributed by atoms with Crippen LogP contribution in [0, 0.1) is 12.8 Å². The molecule has 0 aromatic heterocycles. The highest BCUT2D eigenvalue weighted by Gasteiger charge is 2.16. The van der Waals surface area contributed by atoms with Gasteiger partial charge in [-0.15, -0.1) is 0 Å². The van der Waals surface area contributed by atoms with E-state index in [-0.39, 0.29) is 0 Å². The van der Waals surface area contributed by atoms with Gasteiger partial charge in [0.2, 0.25) is 0 Å². The van der Waals surface area contributed by atoms with Crippen LogP contribution in [0.15, 0.2) is 18.2 Å². The Hall–Kier alpha value is -0.530. The molecule has 0 radical (unpaired) electrons. The molecule has 0 heterocycles. The maximum absolute atomic E-state index is 6.14. The standard InChI is InChI=1S/C16H26ClN/c1-5-9-18-16(10-12(3)6-2)15-11-14(17)8-7-13(15)4/h7-8,11-12,16,18H,5-6,9-10H2,1-4H3. The number of halogens is 1. The molecule has 0 aliphatic rings. The third kappa shape index (κ3) is 4.62. The maximum Gasteiger partial charge on any atom is 0.0409 e. The van der Waals surface area contributed by atoms with Crippen LogP contribution >= 0.6 is 11.6 Å². The second-order valence-corrected chi connectivity index (χ2v) is 5.69. The van der Waals surface area contributed by atoms with Crippen LogP contribution in [-0.4, -0.2) is 6.54 Å². The van der Waals surface area contributed by atoms with Crippen molar-refractivity contribution in [3.8, 4) is 0 Å². The molecule has 0 spiro atoms. The summed E-state index contributed by atoms with van der Waals surface area (Å²) in [6.45, 7) is 10.0. The van der Waals surface area contributed by atoms with Crippen LogP contribution in [0.5, 0.6) is 0 Å². The molecule has 0 aliphatic carbocycles. The molecule has 1 aromatic rings. The fraction of sp³-hybridized carbons (Fsp3) is 0.625. The lowest BCUT2D eigenvalue weighted by molar-refractivity contribution is 0.401. The molecular weight excluding hydrogens is 242 g/mol. The number of hydrogen-bond acceptors (Lipinski definition) is 1. The Labute approximate surface area is 117 Å². The zero-order chi connectivity index (χ0) is 13.5. The first-order valence-corrected chi connectivity index (χ1v) is 7.45. The zero-order valence-electron chi connectivity index (χ0n) is 12.1. The van der Waals surface area contributed by atoms with Gasteiger partial charge >= 0.3 is 0 Å². The minimum absolute atomic E-state index is 0.429. The van der Waals surface area contributed by atoms with Gasteiger partial charge in [0.25, 0.3) is 0 Å². The summed E-state index contributed by atoms with van der Waals surface area (Å²) in [5.74, 6) is 0.734. The molecule has 0 bridgehead atoms. The van der Waals surface area contributed by atoms with Gasteiger partial charge in [0.05, 0.1) is 0 Å². The van der Waals surface area contributed by atoms with E-state index in [0.29, 0.717) is 6.04 Å². The van der Waals surface area contributed by atoms with Crippen LogP contribution in [0.3, 0.4) is 0 Å². The van der Waals surface area contributed by atoms with Gasteiger partial charge in [-0.3, -0.25) is 0 Å². The van der Waals surface area contributed by atoms with E-state index >= 15 is 0 Å². The molecule has 1 nitrogen and oxygen atoms in total. The summed E-state index contributed by atoms with van der Waals surface area (Å²) in [4.78, 5) is 0. The molecule has 1 rings (SSSR count). The molecule has 1 aromatic carbocycles. The number of hydrogen-bond donors (Lipinski definition) is 1. The van der Waals surface area contributed by atoms with Gasteiger partial charge in [-0.2, -0.15) is 0 Å². The number of benzene rings is 1. The van der Waals surface area contributed by atoms with E-state index in [9.17, 15) is 0 Å². The van der Waals surface area contributed by atoms with Crippen molar-refractivity contribution in [3.63, 3.8) is 0 Å². The third-order valence-corrected chi connectivity index (χ3v) is 3.83. The molecule has 0 aliphatic heterocycles. The van der Waals surface area contributed by atoms with Crippen molar-refractivity contribution in [2.75, 3.05) is 6.54 Å². The molecular formula is C16H26ClN. The molecule has 2 heteroatoms. The first-order valence-electron chi connectivity index (χ1n) is 7.07. The van der Waals surface area contributed by atoms with E-state index < -0.39 is 0 Å². The van der Waals surface area contributed by atoms with Gasteiger partial charge in [0, 0.05) is 11.1 Å². The molecule has 2 unspecified atom stereocenters. The second-order valence-electron chi connectivity index (χ2n) is 5.26. The van der Waals surface area contributed by atoms with Crippen molar-refractivity contribution in [1.29, 1.82) is 0 Å². The van der Waals surface area contributed by atoms with Gasteiger partial charge < -0.3 is 5.32 Å². The van der Waals surface area contributed by atoms with Crippen LogP contribution in [0.2, 0.25) is 5.02 Å². The molecule has 1 N–H and O–H groups in total. The lowest BCUT2D eigenvalue weighted by Gasteiger charge is -2.24. The Morgan fingerprint density at radius 1 is 1.28 bits per heavy atom. The highest BCUT2D eigenvalue weighted by molar-refractivity contribution is 6.30. The molecule has 18 heavy (non-hydrogen) atoms.